The van der Waals surface area contributed by atoms with Crippen LogP contribution in [0.15, 0.2) is 36.5 Å². The third-order valence-electron chi connectivity index (χ3n) is 6.95. The summed E-state index contributed by atoms with van der Waals surface area (Å²) in [5, 5.41) is 11.2. The lowest BCUT2D eigenvalue weighted by molar-refractivity contribution is -0.136. The fraction of sp³-hybridized carbons (Fsp3) is 0.400. The number of fused-ring (bicyclic) bond motifs is 1. The minimum absolute atomic E-state index is 0.128. The summed E-state index contributed by atoms with van der Waals surface area (Å²) < 4.78 is 0. The number of likely N-dealkylation sites (tertiary alicyclic amines) is 1. The number of carbonyl (C=O) groups excluding carboxylic acids is 3. The summed E-state index contributed by atoms with van der Waals surface area (Å²) in [5.41, 5.74) is 4.41. The van der Waals surface area contributed by atoms with Crippen molar-refractivity contribution in [3.05, 3.63) is 64.5 Å². The second-order valence-electron chi connectivity index (χ2n) is 9.03. The van der Waals surface area contributed by atoms with Crippen LogP contribution in [0.2, 0.25) is 0 Å². The van der Waals surface area contributed by atoms with Gasteiger partial charge in [0.25, 0.3) is 5.91 Å². The van der Waals surface area contributed by atoms with Crippen molar-refractivity contribution < 1.29 is 14.4 Å². The molecule has 4 heterocycles. The van der Waals surface area contributed by atoms with Crippen LogP contribution in [0.5, 0.6) is 0 Å². The first-order valence-electron chi connectivity index (χ1n) is 11.4. The van der Waals surface area contributed by atoms with Crippen LogP contribution in [-0.4, -0.2) is 51.6 Å². The maximum Gasteiger partial charge on any atom is 0.255 e. The summed E-state index contributed by atoms with van der Waals surface area (Å²) in [4.78, 5) is 44.8. The van der Waals surface area contributed by atoms with E-state index < -0.39 is 6.04 Å². The van der Waals surface area contributed by atoms with Crippen molar-refractivity contribution >= 4 is 17.7 Å². The number of benzene rings is 1. The van der Waals surface area contributed by atoms with Gasteiger partial charge < -0.3 is 4.90 Å². The third-order valence-corrected chi connectivity index (χ3v) is 6.95. The highest BCUT2D eigenvalue weighted by Gasteiger charge is 2.39. The second kappa shape index (κ2) is 8.75. The summed E-state index contributed by atoms with van der Waals surface area (Å²) in [6.07, 6.45) is 4.49. The Kier molecular flexibility index (Phi) is 5.65. The smallest absolute Gasteiger partial charge is 0.255 e. The molecule has 168 valence electrons. The first kappa shape index (κ1) is 21.3. The number of hydrogen-bond acceptors (Lipinski definition) is 6. The average molecular weight is 444 g/mol. The van der Waals surface area contributed by atoms with E-state index in [1.165, 1.54) is 5.56 Å². The molecule has 3 amide bonds. The zero-order valence-electron chi connectivity index (χ0n) is 18.3. The molecule has 0 radical (unpaired) electrons. The zero-order valence-corrected chi connectivity index (χ0v) is 18.3. The molecule has 2 saturated heterocycles. The quantitative estimate of drug-likeness (QED) is 0.726. The van der Waals surface area contributed by atoms with Gasteiger partial charge in [0, 0.05) is 31.3 Å². The maximum atomic E-state index is 12.9. The molecule has 2 fully saturated rings. The van der Waals surface area contributed by atoms with Gasteiger partial charge in [-0.1, -0.05) is 18.2 Å². The van der Waals surface area contributed by atoms with Gasteiger partial charge >= 0.3 is 0 Å². The van der Waals surface area contributed by atoms with E-state index in [9.17, 15) is 14.4 Å². The Morgan fingerprint density at radius 3 is 2.61 bits per heavy atom. The van der Waals surface area contributed by atoms with Gasteiger partial charge in [0.1, 0.15) is 17.8 Å². The van der Waals surface area contributed by atoms with Gasteiger partial charge in [-0.2, -0.15) is 5.26 Å². The van der Waals surface area contributed by atoms with Crippen molar-refractivity contribution in [2.24, 2.45) is 0 Å². The highest BCUT2D eigenvalue weighted by atomic mass is 16.2. The molecule has 3 aliphatic heterocycles. The van der Waals surface area contributed by atoms with Crippen molar-refractivity contribution in [3.8, 4) is 6.07 Å². The maximum absolute atomic E-state index is 12.9. The summed E-state index contributed by atoms with van der Waals surface area (Å²) in [6.45, 7) is 3.19. The molecule has 3 aliphatic rings. The van der Waals surface area contributed by atoms with Gasteiger partial charge in [0.15, 0.2) is 0 Å². The molecular formula is C25H25N5O3. The lowest BCUT2D eigenvalue weighted by atomic mass is 9.88. The number of aromatic nitrogens is 1. The van der Waals surface area contributed by atoms with Crippen LogP contribution in [0.1, 0.15) is 64.3 Å². The predicted octanol–water partition coefficient (Wildman–Crippen LogP) is 2.09. The van der Waals surface area contributed by atoms with E-state index in [1.807, 2.05) is 18.2 Å². The van der Waals surface area contributed by atoms with Crippen LogP contribution in [0.4, 0.5) is 0 Å². The zero-order chi connectivity index (χ0) is 22.9. The van der Waals surface area contributed by atoms with Gasteiger partial charge in [-0.25, -0.2) is 4.98 Å². The van der Waals surface area contributed by atoms with Gasteiger partial charge in [-0.15, -0.1) is 0 Å². The molecule has 1 unspecified atom stereocenters. The molecule has 5 rings (SSSR count). The van der Waals surface area contributed by atoms with Gasteiger partial charge in [0.2, 0.25) is 11.8 Å². The summed E-state index contributed by atoms with van der Waals surface area (Å²) in [6, 6.07) is 11.3. The van der Waals surface area contributed by atoms with Crippen molar-refractivity contribution in [3.63, 3.8) is 0 Å². The lowest BCUT2D eigenvalue weighted by Gasteiger charge is -2.32. The van der Waals surface area contributed by atoms with Crippen LogP contribution >= 0.6 is 0 Å². The van der Waals surface area contributed by atoms with Crippen molar-refractivity contribution in [1.29, 1.82) is 5.26 Å². The Morgan fingerprint density at radius 1 is 1.09 bits per heavy atom. The Balaban J connectivity index is 1.21. The lowest BCUT2D eigenvalue weighted by Crippen LogP contribution is -2.52. The standard InChI is InChI=1S/C25H25N5O3/c26-12-20-3-1-16(13-27-20)14-29-9-7-17(8-10-29)18-2-4-21-19(11-18)15-30(25(21)33)22-5-6-23(31)28-24(22)32/h1-4,11,13,17,22H,5-10,14-15H2,(H,28,31,32). The topological polar surface area (TPSA) is 106 Å². The predicted molar refractivity (Wildman–Crippen MR) is 119 cm³/mol. The van der Waals surface area contributed by atoms with E-state index in [0.717, 1.165) is 43.6 Å². The van der Waals surface area contributed by atoms with E-state index >= 15 is 0 Å². The SMILES string of the molecule is N#Cc1ccc(CN2CCC(c3ccc4c(c3)CN(C3CCC(=O)NC3=O)C4=O)CC2)cn1. The molecule has 1 atom stereocenters. The molecule has 33 heavy (non-hydrogen) atoms. The molecule has 1 N–H and O–H groups in total. The van der Waals surface area contributed by atoms with Crippen molar-refractivity contribution in [2.75, 3.05) is 13.1 Å². The normalized spacial score (nSPS) is 21.6. The first-order chi connectivity index (χ1) is 16.0. The highest BCUT2D eigenvalue weighted by Crippen LogP contribution is 2.33. The monoisotopic (exact) mass is 443 g/mol. The summed E-state index contributed by atoms with van der Waals surface area (Å²) in [7, 11) is 0. The van der Waals surface area contributed by atoms with E-state index in [-0.39, 0.29) is 24.1 Å². The molecule has 1 aromatic heterocycles. The van der Waals surface area contributed by atoms with Crippen molar-refractivity contribution in [1.82, 2.24) is 20.1 Å². The molecule has 1 aromatic carbocycles. The molecule has 0 bridgehead atoms. The van der Waals surface area contributed by atoms with Crippen LogP contribution in [0, 0.1) is 11.3 Å². The largest absolute Gasteiger partial charge is 0.322 e. The minimum atomic E-state index is -0.578. The number of amides is 3. The van der Waals surface area contributed by atoms with E-state index in [1.54, 1.807) is 17.2 Å². The molecule has 0 spiro atoms. The molecular weight excluding hydrogens is 418 g/mol. The fourth-order valence-electron chi connectivity index (χ4n) is 5.12. The number of nitriles is 1. The third kappa shape index (κ3) is 4.24. The number of nitrogens with zero attached hydrogens (tertiary/aromatic N) is 4. The van der Waals surface area contributed by atoms with Crippen molar-refractivity contribution in [2.45, 2.75) is 50.7 Å². The van der Waals surface area contributed by atoms with E-state index in [0.29, 0.717) is 30.1 Å². The number of rotatable bonds is 4. The highest BCUT2D eigenvalue weighted by molar-refractivity contribution is 6.05. The molecule has 0 saturated carbocycles. The van der Waals surface area contributed by atoms with E-state index in [4.69, 9.17) is 5.26 Å². The number of carbonyl (C=O) groups is 3. The number of nitrogens with one attached hydrogen (secondary N) is 1. The van der Waals surface area contributed by atoms with Crippen LogP contribution in [0.25, 0.3) is 0 Å². The Hall–Kier alpha value is -3.57. The number of imide groups is 1. The van der Waals surface area contributed by atoms with Gasteiger partial charge in [-0.05, 0) is 67.1 Å². The Labute approximate surface area is 192 Å². The minimum Gasteiger partial charge on any atom is -0.322 e. The second-order valence-corrected chi connectivity index (χ2v) is 9.03. The van der Waals surface area contributed by atoms with Crippen LogP contribution < -0.4 is 5.32 Å². The van der Waals surface area contributed by atoms with Crippen LogP contribution in [0.3, 0.4) is 0 Å². The van der Waals surface area contributed by atoms with Gasteiger partial charge in [0.05, 0.1) is 0 Å². The molecule has 2 aromatic rings. The number of hydrogen-bond donors (Lipinski definition) is 1. The van der Waals surface area contributed by atoms with E-state index in [2.05, 4.69) is 27.3 Å². The Morgan fingerprint density at radius 2 is 1.91 bits per heavy atom. The molecule has 8 nitrogen and oxygen atoms in total. The Bertz CT molecular complexity index is 1150. The number of pyridine rings is 1. The summed E-state index contributed by atoms with van der Waals surface area (Å²) >= 11 is 0. The number of piperidine rings is 2. The molecule has 8 heteroatoms. The average Bonchev–Trinajstić information content (AvgIpc) is 3.15. The molecule has 0 aliphatic carbocycles. The summed E-state index contributed by atoms with van der Waals surface area (Å²) in [5.74, 6) is -0.343. The van der Waals surface area contributed by atoms with Gasteiger partial charge in [-0.3, -0.25) is 24.6 Å². The fourth-order valence-corrected chi connectivity index (χ4v) is 5.12. The van der Waals surface area contributed by atoms with Crippen LogP contribution in [-0.2, 0) is 22.7 Å². The first-order valence-corrected chi connectivity index (χ1v) is 11.4.